The second-order valence-electron chi connectivity index (χ2n) is 7.40. The van der Waals surface area contributed by atoms with Gasteiger partial charge in [-0.25, -0.2) is 4.98 Å². The highest BCUT2D eigenvalue weighted by Crippen LogP contribution is 2.31. The Labute approximate surface area is 154 Å². The Morgan fingerprint density at radius 2 is 2.04 bits per heavy atom. The van der Waals surface area contributed by atoms with E-state index in [2.05, 4.69) is 22.1 Å². The van der Waals surface area contributed by atoms with Gasteiger partial charge in [0.05, 0.1) is 0 Å². The Balaban J connectivity index is 1.35. The Morgan fingerprint density at radius 3 is 2.81 bits per heavy atom. The maximum absolute atomic E-state index is 12.7. The molecule has 1 amide bonds. The molecule has 4 rings (SSSR count). The molecule has 2 aromatic rings. The SMILES string of the molecule is C[C@@H]1CN(C2CC2)C[C@H]1NC(=O)c1ccnc(OCc2ccccc2)c1. The number of nitrogens with zero attached hydrogens (tertiary/aromatic N) is 2. The minimum Gasteiger partial charge on any atom is -0.473 e. The van der Waals surface area contributed by atoms with E-state index in [-0.39, 0.29) is 11.9 Å². The van der Waals surface area contributed by atoms with Crippen LogP contribution in [0.1, 0.15) is 35.7 Å². The van der Waals surface area contributed by atoms with Crippen molar-refractivity contribution in [2.45, 2.75) is 38.5 Å². The molecule has 1 N–H and O–H groups in total. The van der Waals surface area contributed by atoms with Gasteiger partial charge in [-0.05, 0) is 30.4 Å². The monoisotopic (exact) mass is 351 g/mol. The van der Waals surface area contributed by atoms with Crippen molar-refractivity contribution < 1.29 is 9.53 Å². The van der Waals surface area contributed by atoms with Crippen LogP contribution in [0, 0.1) is 5.92 Å². The zero-order valence-electron chi connectivity index (χ0n) is 15.1. The van der Waals surface area contributed by atoms with Crippen molar-refractivity contribution in [2.75, 3.05) is 13.1 Å². The summed E-state index contributed by atoms with van der Waals surface area (Å²) in [5.74, 6) is 0.905. The number of likely N-dealkylation sites (tertiary alicyclic amines) is 1. The van der Waals surface area contributed by atoms with E-state index in [1.807, 2.05) is 30.3 Å². The third-order valence-corrected chi connectivity index (χ3v) is 5.25. The van der Waals surface area contributed by atoms with Crippen molar-refractivity contribution in [3.8, 4) is 5.88 Å². The van der Waals surface area contributed by atoms with Crippen LogP contribution in [0.2, 0.25) is 0 Å². The lowest BCUT2D eigenvalue weighted by atomic mass is 10.1. The second kappa shape index (κ2) is 7.46. The summed E-state index contributed by atoms with van der Waals surface area (Å²) in [5, 5.41) is 3.19. The van der Waals surface area contributed by atoms with Crippen LogP contribution >= 0.6 is 0 Å². The van der Waals surface area contributed by atoms with Gasteiger partial charge in [0.1, 0.15) is 6.61 Å². The molecule has 0 unspecified atom stereocenters. The standard InChI is InChI=1S/C21H25N3O2/c1-15-12-24(18-7-8-18)13-19(15)23-21(25)17-9-10-22-20(11-17)26-14-16-5-3-2-4-6-16/h2-6,9-11,15,18-19H,7-8,12-14H2,1H3,(H,23,25)/t15-,19-/m1/s1. The first-order valence-corrected chi connectivity index (χ1v) is 9.37. The Hall–Kier alpha value is -2.40. The highest BCUT2D eigenvalue weighted by atomic mass is 16.5. The predicted molar refractivity (Wildman–Crippen MR) is 100 cm³/mol. The number of pyridine rings is 1. The fraction of sp³-hybridized carbons (Fsp3) is 0.429. The molecule has 1 saturated carbocycles. The number of aromatic nitrogens is 1. The van der Waals surface area contributed by atoms with E-state index in [0.717, 1.165) is 24.7 Å². The fourth-order valence-electron chi connectivity index (χ4n) is 3.54. The lowest BCUT2D eigenvalue weighted by Crippen LogP contribution is -2.40. The average Bonchev–Trinajstić information content (AvgIpc) is 3.46. The van der Waals surface area contributed by atoms with Gasteiger partial charge in [0.15, 0.2) is 0 Å². The van der Waals surface area contributed by atoms with Crippen molar-refractivity contribution in [2.24, 2.45) is 5.92 Å². The molecule has 2 fully saturated rings. The number of nitrogens with one attached hydrogen (secondary N) is 1. The second-order valence-corrected chi connectivity index (χ2v) is 7.40. The summed E-state index contributed by atoms with van der Waals surface area (Å²) >= 11 is 0. The lowest BCUT2D eigenvalue weighted by Gasteiger charge is -2.17. The number of carbonyl (C=O) groups excluding carboxylic acids is 1. The number of carbonyl (C=O) groups is 1. The van der Waals surface area contributed by atoms with Crippen LogP contribution < -0.4 is 10.1 Å². The molecule has 0 bridgehead atoms. The van der Waals surface area contributed by atoms with Gasteiger partial charge in [-0.2, -0.15) is 0 Å². The van der Waals surface area contributed by atoms with Gasteiger partial charge >= 0.3 is 0 Å². The van der Waals surface area contributed by atoms with Crippen LogP contribution in [0.25, 0.3) is 0 Å². The maximum Gasteiger partial charge on any atom is 0.251 e. The molecule has 0 radical (unpaired) electrons. The summed E-state index contributed by atoms with van der Waals surface area (Å²) in [6.07, 6.45) is 4.24. The van der Waals surface area contributed by atoms with Crippen LogP contribution in [0.3, 0.4) is 0 Å². The minimum absolute atomic E-state index is 0.0496. The van der Waals surface area contributed by atoms with Crippen molar-refractivity contribution in [3.63, 3.8) is 0 Å². The molecule has 1 saturated heterocycles. The van der Waals surface area contributed by atoms with Crippen LogP contribution in [-0.2, 0) is 6.61 Å². The quantitative estimate of drug-likeness (QED) is 0.869. The Kier molecular flexibility index (Phi) is 4.89. The van der Waals surface area contributed by atoms with Gasteiger partial charge in [0.2, 0.25) is 5.88 Å². The molecule has 1 aromatic carbocycles. The Bertz CT molecular complexity index is 761. The van der Waals surface area contributed by atoms with Crippen molar-refractivity contribution >= 4 is 5.91 Å². The first-order chi connectivity index (χ1) is 12.7. The molecule has 1 aliphatic carbocycles. The van der Waals surface area contributed by atoms with E-state index in [9.17, 15) is 4.79 Å². The number of hydrogen-bond acceptors (Lipinski definition) is 4. The molecule has 136 valence electrons. The molecule has 2 aliphatic rings. The summed E-state index contributed by atoms with van der Waals surface area (Å²) in [7, 11) is 0. The van der Waals surface area contributed by atoms with E-state index in [4.69, 9.17) is 4.74 Å². The summed E-state index contributed by atoms with van der Waals surface area (Å²) in [4.78, 5) is 19.4. The third-order valence-electron chi connectivity index (χ3n) is 5.25. The van der Waals surface area contributed by atoms with Gasteiger partial charge in [0, 0.05) is 43.0 Å². The van der Waals surface area contributed by atoms with Crippen LogP contribution in [-0.4, -0.2) is 41.0 Å². The smallest absolute Gasteiger partial charge is 0.251 e. The van der Waals surface area contributed by atoms with E-state index < -0.39 is 0 Å². The molecule has 2 heterocycles. The van der Waals surface area contributed by atoms with E-state index in [1.54, 1.807) is 18.3 Å². The summed E-state index contributed by atoms with van der Waals surface area (Å²) in [6.45, 7) is 4.70. The van der Waals surface area contributed by atoms with Gasteiger partial charge < -0.3 is 10.1 Å². The van der Waals surface area contributed by atoms with Gasteiger partial charge in [-0.1, -0.05) is 37.3 Å². The maximum atomic E-state index is 12.7. The molecule has 1 aliphatic heterocycles. The number of hydrogen-bond donors (Lipinski definition) is 1. The average molecular weight is 351 g/mol. The highest BCUT2D eigenvalue weighted by Gasteiger charge is 2.38. The largest absolute Gasteiger partial charge is 0.473 e. The first kappa shape index (κ1) is 17.0. The molecule has 5 nitrogen and oxygen atoms in total. The lowest BCUT2D eigenvalue weighted by molar-refractivity contribution is 0.0930. The molecular weight excluding hydrogens is 326 g/mol. The van der Waals surface area contributed by atoms with Gasteiger partial charge in [-0.15, -0.1) is 0 Å². The van der Waals surface area contributed by atoms with Crippen molar-refractivity contribution in [1.29, 1.82) is 0 Å². The summed E-state index contributed by atoms with van der Waals surface area (Å²) < 4.78 is 5.73. The topological polar surface area (TPSA) is 54.5 Å². The van der Waals surface area contributed by atoms with Gasteiger partial charge in [0.25, 0.3) is 5.91 Å². The zero-order valence-corrected chi connectivity index (χ0v) is 15.1. The number of amides is 1. The highest BCUT2D eigenvalue weighted by molar-refractivity contribution is 5.94. The number of rotatable bonds is 6. The van der Waals surface area contributed by atoms with E-state index in [0.29, 0.717) is 24.0 Å². The molecule has 2 atom stereocenters. The molecule has 0 spiro atoms. The van der Waals surface area contributed by atoms with E-state index in [1.165, 1.54) is 12.8 Å². The molecule has 1 aromatic heterocycles. The van der Waals surface area contributed by atoms with Gasteiger partial charge in [-0.3, -0.25) is 9.69 Å². The number of benzene rings is 1. The summed E-state index contributed by atoms with van der Waals surface area (Å²) in [6, 6.07) is 14.4. The number of ether oxygens (including phenoxy) is 1. The molecule has 26 heavy (non-hydrogen) atoms. The van der Waals surface area contributed by atoms with Crippen LogP contribution in [0.15, 0.2) is 48.7 Å². The predicted octanol–water partition coefficient (Wildman–Crippen LogP) is 2.87. The molecule has 5 heteroatoms. The Morgan fingerprint density at radius 1 is 1.23 bits per heavy atom. The van der Waals surface area contributed by atoms with Crippen molar-refractivity contribution in [1.82, 2.24) is 15.2 Å². The fourth-order valence-corrected chi connectivity index (χ4v) is 3.54. The minimum atomic E-state index is -0.0496. The third kappa shape index (κ3) is 4.05. The zero-order chi connectivity index (χ0) is 17.9. The van der Waals surface area contributed by atoms with Crippen LogP contribution in [0.5, 0.6) is 5.88 Å². The first-order valence-electron chi connectivity index (χ1n) is 9.37. The van der Waals surface area contributed by atoms with Crippen LogP contribution in [0.4, 0.5) is 0 Å². The van der Waals surface area contributed by atoms with Crippen molar-refractivity contribution in [3.05, 3.63) is 59.8 Å². The van der Waals surface area contributed by atoms with E-state index >= 15 is 0 Å². The normalized spacial score (nSPS) is 23.0. The molecular formula is C21H25N3O2. The summed E-state index contributed by atoms with van der Waals surface area (Å²) in [5.41, 5.74) is 1.67.